The molecule has 10 rings (SSSR count). The monoisotopic (exact) mass is 824 g/mol. The zero-order chi connectivity index (χ0) is 41.6. The Labute approximate surface area is 347 Å². The summed E-state index contributed by atoms with van der Waals surface area (Å²) in [6.45, 7) is 6.40. The van der Waals surface area contributed by atoms with Gasteiger partial charge in [-0.2, -0.15) is 0 Å². The molecule has 9 unspecified atom stereocenters. The predicted octanol–water partition coefficient (Wildman–Crippen LogP) is 10.5. The van der Waals surface area contributed by atoms with E-state index in [1.54, 1.807) is 4.90 Å². The van der Waals surface area contributed by atoms with E-state index in [1.807, 2.05) is 67.6 Å². The van der Waals surface area contributed by atoms with Gasteiger partial charge in [0, 0.05) is 33.1 Å². The molecule has 3 aromatic carbocycles. The Hall–Kier alpha value is -4.45. The molecule has 59 heavy (non-hydrogen) atoms. The first-order valence-electron chi connectivity index (χ1n) is 20.8. The Bertz CT molecular complexity index is 2310. The molecular weight excluding hydrogens is 774 g/mol. The summed E-state index contributed by atoms with van der Waals surface area (Å²) in [6.07, 6.45) is 6.09. The number of allylic oxidation sites excluding steroid dienone is 4. The number of thiophene rings is 1. The lowest BCUT2D eigenvalue weighted by atomic mass is 9.32. The lowest BCUT2D eigenvalue weighted by Gasteiger charge is -2.71. The second-order valence-corrected chi connectivity index (χ2v) is 19.5. The zero-order valence-corrected chi connectivity index (χ0v) is 34.4. The fraction of sp³-hybridized carbons (Fsp3) is 0.458. The van der Waals surface area contributed by atoms with E-state index in [0.717, 1.165) is 34.1 Å². The van der Waals surface area contributed by atoms with Crippen LogP contribution in [0.2, 0.25) is 0 Å². The van der Waals surface area contributed by atoms with Gasteiger partial charge < -0.3 is 25.2 Å². The van der Waals surface area contributed by atoms with Crippen molar-refractivity contribution in [2.75, 3.05) is 6.54 Å². The van der Waals surface area contributed by atoms with Crippen LogP contribution in [0.5, 0.6) is 5.75 Å². The summed E-state index contributed by atoms with van der Waals surface area (Å²) < 4.78 is 44.1. The largest absolute Gasteiger partial charge is 0.573 e. The smallest absolute Gasteiger partial charge is 0.406 e. The number of benzene rings is 3. The van der Waals surface area contributed by atoms with Crippen LogP contribution in [0.3, 0.4) is 0 Å². The Kier molecular flexibility index (Phi) is 9.53. The number of aliphatic hydroxyl groups excluding tert-OH is 1. The first-order chi connectivity index (χ1) is 28.0. The number of fused-ring (bicyclic) bond motifs is 2. The number of aliphatic hydroxyl groups is 2. The first kappa shape index (κ1) is 40.0. The third-order valence-electron chi connectivity index (χ3n) is 15.5. The van der Waals surface area contributed by atoms with Crippen LogP contribution in [0.15, 0.2) is 109 Å². The lowest BCUT2D eigenvalue weighted by molar-refractivity contribution is -0.274. The van der Waals surface area contributed by atoms with E-state index in [4.69, 9.17) is 0 Å². The highest BCUT2D eigenvalue weighted by molar-refractivity contribution is 7.21. The van der Waals surface area contributed by atoms with Gasteiger partial charge in [-0.3, -0.25) is 4.79 Å². The second-order valence-electron chi connectivity index (χ2n) is 18.4. The number of hydrogen-bond donors (Lipinski definition) is 3. The normalized spacial score (nSPS) is 33.7. The molecule has 0 saturated heterocycles. The lowest BCUT2D eigenvalue weighted by Crippen LogP contribution is -2.67. The van der Waals surface area contributed by atoms with Crippen LogP contribution < -0.4 is 10.1 Å². The summed E-state index contributed by atoms with van der Waals surface area (Å²) in [5.74, 6) is -0.373. The SMILES string of the molecule is CC(NC(=O)N(Cc1ccc(OC(F)(F)F)cc1)CC1(O)CCC2C34C=CC5(C=C3C(=O)c3cc6ccccc6s3)CC(O)CCC5(C)C4CCC21C)c1ccccc1. The van der Waals surface area contributed by atoms with Gasteiger partial charge in [-0.15, -0.1) is 24.5 Å². The van der Waals surface area contributed by atoms with Crippen molar-refractivity contribution in [1.29, 1.82) is 0 Å². The fourth-order valence-electron chi connectivity index (χ4n) is 12.5. The Balaban J connectivity index is 1.08. The highest BCUT2D eigenvalue weighted by Gasteiger charge is 2.74. The van der Waals surface area contributed by atoms with E-state index in [9.17, 15) is 28.2 Å². The number of carbonyl (C=O) groups is 2. The first-order valence-corrected chi connectivity index (χ1v) is 21.6. The van der Waals surface area contributed by atoms with Crippen molar-refractivity contribution in [1.82, 2.24) is 10.2 Å². The molecule has 1 heterocycles. The minimum absolute atomic E-state index is 0.00980. The van der Waals surface area contributed by atoms with Gasteiger partial charge >= 0.3 is 12.4 Å². The van der Waals surface area contributed by atoms with E-state index in [0.29, 0.717) is 42.5 Å². The summed E-state index contributed by atoms with van der Waals surface area (Å²) in [4.78, 5) is 31.8. The number of Topliss-reactive ketones (excluding diaryl/α,β-unsaturated/α-hetero) is 1. The number of urea groups is 1. The minimum Gasteiger partial charge on any atom is -0.406 e. The van der Waals surface area contributed by atoms with Crippen molar-refractivity contribution in [2.45, 2.75) is 96.4 Å². The Morgan fingerprint density at radius 1 is 0.915 bits per heavy atom. The standard InChI is InChI=1S/C48H51F3N2O5S/c1-30(32-9-5-4-6-10-32)52-42(56)53(28-31-13-15-35(16-14-31)58-48(49,50)51)29-46(57)22-19-40-44(46,3)21-18-39-43(2)20-17-34(54)26-45(43)23-24-47(39,40)36(27-45)41(55)38-25-33-11-7-8-12-37(33)59-38/h4-16,23-25,27,30,34,39-40,54,57H,17-22,26,28-29H2,1-3H3,(H,52,56). The topological polar surface area (TPSA) is 99.1 Å². The number of ether oxygens (including phenoxy) is 1. The zero-order valence-electron chi connectivity index (χ0n) is 33.6. The van der Waals surface area contributed by atoms with Gasteiger partial charge in [-0.05, 0) is 110 Å². The number of alkyl halides is 3. The van der Waals surface area contributed by atoms with Crippen LogP contribution in [-0.2, 0) is 6.54 Å². The van der Waals surface area contributed by atoms with E-state index in [1.165, 1.54) is 35.6 Å². The number of nitrogens with zero attached hydrogens (tertiary/aromatic N) is 1. The average molecular weight is 825 g/mol. The van der Waals surface area contributed by atoms with Gasteiger partial charge in [0.15, 0.2) is 5.78 Å². The maximum absolute atomic E-state index is 15.2. The van der Waals surface area contributed by atoms with Crippen LogP contribution in [0.4, 0.5) is 18.0 Å². The van der Waals surface area contributed by atoms with E-state index in [2.05, 4.69) is 42.1 Å². The van der Waals surface area contributed by atoms with Gasteiger partial charge in [0.05, 0.1) is 29.2 Å². The van der Waals surface area contributed by atoms with Gasteiger partial charge in [-0.25, -0.2) is 4.79 Å². The summed E-state index contributed by atoms with van der Waals surface area (Å²) in [5.41, 5.74) is -1.16. The van der Waals surface area contributed by atoms with Crippen molar-refractivity contribution in [2.24, 2.45) is 33.5 Å². The van der Waals surface area contributed by atoms with Crippen molar-refractivity contribution in [3.8, 4) is 5.75 Å². The summed E-state index contributed by atoms with van der Waals surface area (Å²) in [5, 5.41) is 28.5. The maximum Gasteiger partial charge on any atom is 0.573 e. The Morgan fingerprint density at radius 3 is 2.32 bits per heavy atom. The number of ketones is 1. The number of rotatable bonds is 9. The Morgan fingerprint density at radius 2 is 1.59 bits per heavy atom. The molecule has 0 aliphatic heterocycles. The van der Waals surface area contributed by atoms with Gasteiger partial charge in [0.1, 0.15) is 5.75 Å². The predicted molar refractivity (Wildman–Crippen MR) is 222 cm³/mol. The molecule has 2 bridgehead atoms. The number of nitrogens with one attached hydrogen (secondary N) is 1. The molecule has 6 aliphatic carbocycles. The number of hydrogen-bond acceptors (Lipinski definition) is 6. The van der Waals surface area contributed by atoms with E-state index in [-0.39, 0.29) is 47.9 Å². The average Bonchev–Trinajstić information content (AvgIpc) is 3.76. The van der Waals surface area contributed by atoms with Crippen LogP contribution in [-0.4, -0.2) is 51.5 Å². The molecule has 0 radical (unpaired) electrons. The molecule has 310 valence electrons. The number of halogens is 3. The summed E-state index contributed by atoms with van der Waals surface area (Å²) in [6, 6.07) is 24.3. The quantitative estimate of drug-likeness (QED) is 0.115. The highest BCUT2D eigenvalue weighted by atomic mass is 32.1. The molecule has 3 fully saturated rings. The van der Waals surface area contributed by atoms with Gasteiger partial charge in [0.25, 0.3) is 0 Å². The number of amides is 2. The third kappa shape index (κ3) is 6.36. The van der Waals surface area contributed by atoms with E-state index >= 15 is 4.79 Å². The molecule has 11 heteroatoms. The molecule has 2 spiro atoms. The van der Waals surface area contributed by atoms with Crippen molar-refractivity contribution in [3.05, 3.63) is 125 Å². The third-order valence-corrected chi connectivity index (χ3v) is 16.6. The van der Waals surface area contributed by atoms with Gasteiger partial charge in [0.2, 0.25) is 0 Å². The summed E-state index contributed by atoms with van der Waals surface area (Å²) in [7, 11) is 0. The van der Waals surface area contributed by atoms with E-state index < -0.39 is 40.3 Å². The van der Waals surface area contributed by atoms with Crippen LogP contribution in [0.25, 0.3) is 10.1 Å². The van der Waals surface area contributed by atoms with Crippen LogP contribution in [0, 0.1) is 33.5 Å². The molecule has 3 saturated carbocycles. The van der Waals surface area contributed by atoms with Crippen LogP contribution in [0.1, 0.15) is 92.6 Å². The van der Waals surface area contributed by atoms with Crippen LogP contribution >= 0.6 is 11.3 Å². The molecule has 9 atom stereocenters. The molecular formula is C48H51F3N2O5S. The summed E-state index contributed by atoms with van der Waals surface area (Å²) >= 11 is 1.50. The molecule has 6 aliphatic rings. The highest BCUT2D eigenvalue weighted by Crippen LogP contribution is 2.78. The number of carbonyl (C=O) groups excluding carboxylic acids is 2. The molecule has 1 aromatic heterocycles. The fourth-order valence-corrected chi connectivity index (χ4v) is 13.5. The molecule has 3 N–H and O–H groups in total. The van der Waals surface area contributed by atoms with Crippen molar-refractivity contribution in [3.63, 3.8) is 0 Å². The van der Waals surface area contributed by atoms with Crippen molar-refractivity contribution < 1.29 is 37.7 Å². The molecule has 2 amide bonds. The van der Waals surface area contributed by atoms with Crippen molar-refractivity contribution >= 4 is 33.2 Å². The molecule has 7 nitrogen and oxygen atoms in total. The minimum atomic E-state index is -4.84. The maximum atomic E-state index is 15.2. The second kappa shape index (κ2) is 14.1. The van der Waals surface area contributed by atoms with Gasteiger partial charge in [-0.1, -0.05) is 92.7 Å². The molecule has 4 aromatic rings.